The summed E-state index contributed by atoms with van der Waals surface area (Å²) >= 11 is 0. The molecule has 0 saturated heterocycles. The summed E-state index contributed by atoms with van der Waals surface area (Å²) in [7, 11) is 0. The van der Waals surface area contributed by atoms with Crippen molar-refractivity contribution in [1.29, 1.82) is 0 Å². The molecule has 4 N–H and O–H groups in total. The van der Waals surface area contributed by atoms with Gasteiger partial charge in [0.1, 0.15) is 5.58 Å². The number of likely N-dealkylation sites (N-methyl/N-ethyl adjacent to an activating group) is 1. The maximum absolute atomic E-state index is 11.9. The van der Waals surface area contributed by atoms with Crippen LogP contribution in [0.2, 0.25) is 0 Å². The van der Waals surface area contributed by atoms with Gasteiger partial charge in [-0.25, -0.2) is 0 Å². The van der Waals surface area contributed by atoms with Crippen molar-refractivity contribution in [3.05, 3.63) is 40.6 Å². The van der Waals surface area contributed by atoms with Crippen molar-refractivity contribution in [1.82, 2.24) is 14.7 Å². The first kappa shape index (κ1) is 18.6. The number of aromatic amines is 1. The molecule has 0 radical (unpaired) electrons. The predicted octanol–water partition coefficient (Wildman–Crippen LogP) is 2.94. The predicted molar refractivity (Wildman–Crippen MR) is 115 cm³/mol. The van der Waals surface area contributed by atoms with Gasteiger partial charge in [-0.05, 0) is 37.4 Å². The Morgan fingerprint density at radius 1 is 1.21 bits per heavy atom. The minimum Gasteiger partial charge on any atom is -0.454 e. The molecule has 0 aliphatic rings. The topological polar surface area (TPSA) is 92.2 Å². The van der Waals surface area contributed by atoms with Gasteiger partial charge in [-0.15, -0.1) is 0 Å². The van der Waals surface area contributed by atoms with E-state index in [0.717, 1.165) is 59.3 Å². The van der Waals surface area contributed by atoms with Gasteiger partial charge in [0, 0.05) is 31.1 Å². The highest BCUT2D eigenvalue weighted by Gasteiger charge is 2.17. The van der Waals surface area contributed by atoms with Crippen molar-refractivity contribution < 1.29 is 4.42 Å². The molecule has 0 aliphatic heterocycles. The summed E-state index contributed by atoms with van der Waals surface area (Å²) in [5.41, 5.74) is 9.89. The molecule has 28 heavy (non-hydrogen) atoms. The maximum Gasteiger partial charge on any atom is 0.182 e. The minimum atomic E-state index is -0.0631. The number of fused-ring (bicyclic) bond motifs is 2. The fourth-order valence-corrected chi connectivity index (χ4v) is 3.80. The summed E-state index contributed by atoms with van der Waals surface area (Å²) in [6, 6.07) is 9.09. The minimum absolute atomic E-state index is 0.0631. The number of hydrogen-bond acceptors (Lipinski definition) is 5. The van der Waals surface area contributed by atoms with Crippen molar-refractivity contribution in [2.75, 3.05) is 38.0 Å². The Morgan fingerprint density at radius 3 is 2.79 bits per heavy atom. The number of hydrogen-bond donors (Lipinski definition) is 3. The van der Waals surface area contributed by atoms with Gasteiger partial charge >= 0.3 is 0 Å². The van der Waals surface area contributed by atoms with Crippen LogP contribution in [0.15, 0.2) is 39.5 Å². The van der Waals surface area contributed by atoms with Gasteiger partial charge < -0.3 is 20.4 Å². The second kappa shape index (κ2) is 7.69. The van der Waals surface area contributed by atoms with Gasteiger partial charge in [0.25, 0.3) is 0 Å². The number of rotatable bonds is 8. The Labute approximate surface area is 163 Å². The second-order valence-corrected chi connectivity index (χ2v) is 6.98. The lowest BCUT2D eigenvalue weighted by Crippen LogP contribution is -2.27. The normalized spacial score (nSPS) is 12.0. The molecule has 0 unspecified atom stereocenters. The number of aromatic nitrogens is 2. The summed E-state index contributed by atoms with van der Waals surface area (Å²) in [6.07, 6.45) is 0. The summed E-state index contributed by atoms with van der Waals surface area (Å²) in [4.78, 5) is 14.3. The third kappa shape index (κ3) is 3.16. The van der Waals surface area contributed by atoms with E-state index in [1.54, 1.807) is 12.1 Å². The summed E-state index contributed by atoms with van der Waals surface area (Å²) in [5, 5.41) is 8.83. The van der Waals surface area contributed by atoms with Crippen molar-refractivity contribution in [2.45, 2.75) is 20.4 Å². The molecule has 0 amide bonds. The third-order valence-corrected chi connectivity index (χ3v) is 5.35. The number of anilines is 1. The van der Waals surface area contributed by atoms with Crippen molar-refractivity contribution in [3.8, 4) is 0 Å². The molecule has 0 saturated carbocycles. The Kier molecular flexibility index (Phi) is 5.11. The quantitative estimate of drug-likeness (QED) is 0.408. The van der Waals surface area contributed by atoms with E-state index in [0.29, 0.717) is 18.7 Å². The molecule has 0 spiro atoms. The smallest absolute Gasteiger partial charge is 0.182 e. The van der Waals surface area contributed by atoms with Crippen molar-refractivity contribution >= 4 is 38.7 Å². The van der Waals surface area contributed by atoms with E-state index in [1.807, 2.05) is 12.1 Å². The van der Waals surface area contributed by atoms with E-state index in [-0.39, 0.29) is 5.43 Å². The highest BCUT2D eigenvalue weighted by molar-refractivity contribution is 6.17. The number of nitrogens with zero attached hydrogens (tertiary/aromatic N) is 2. The van der Waals surface area contributed by atoms with Crippen LogP contribution in [0.1, 0.15) is 13.8 Å². The molecular formula is C21H27N5O2. The third-order valence-electron chi connectivity index (χ3n) is 5.35. The van der Waals surface area contributed by atoms with E-state index >= 15 is 0 Å². The van der Waals surface area contributed by atoms with Crippen LogP contribution in [0.3, 0.4) is 0 Å². The highest BCUT2D eigenvalue weighted by atomic mass is 16.3. The van der Waals surface area contributed by atoms with E-state index < -0.39 is 0 Å². The van der Waals surface area contributed by atoms with E-state index in [9.17, 15) is 4.79 Å². The molecule has 4 aromatic rings. The van der Waals surface area contributed by atoms with Crippen LogP contribution in [-0.2, 0) is 6.54 Å². The number of nitrogens with one attached hydrogen (secondary N) is 2. The van der Waals surface area contributed by atoms with Gasteiger partial charge in [0.2, 0.25) is 0 Å². The summed E-state index contributed by atoms with van der Waals surface area (Å²) in [6.45, 7) is 9.40. The first-order valence-electron chi connectivity index (χ1n) is 9.90. The zero-order valence-electron chi connectivity index (χ0n) is 16.4. The van der Waals surface area contributed by atoms with E-state index in [4.69, 9.17) is 10.2 Å². The fourth-order valence-electron chi connectivity index (χ4n) is 3.80. The Bertz CT molecular complexity index is 1170. The van der Waals surface area contributed by atoms with Crippen LogP contribution < -0.4 is 16.5 Å². The zero-order chi connectivity index (χ0) is 19.7. The van der Waals surface area contributed by atoms with Gasteiger partial charge in [0.15, 0.2) is 11.0 Å². The first-order valence-corrected chi connectivity index (χ1v) is 9.90. The van der Waals surface area contributed by atoms with Crippen molar-refractivity contribution in [2.24, 2.45) is 5.73 Å². The van der Waals surface area contributed by atoms with Crippen LogP contribution >= 0.6 is 0 Å². The second-order valence-electron chi connectivity index (χ2n) is 6.98. The Balaban J connectivity index is 1.93. The molecule has 7 heteroatoms. The molecule has 0 bridgehead atoms. The maximum atomic E-state index is 11.9. The van der Waals surface area contributed by atoms with Gasteiger partial charge in [-0.1, -0.05) is 13.8 Å². The zero-order valence-corrected chi connectivity index (χ0v) is 16.4. The number of benzene rings is 2. The SMILES string of the molecule is CCN(CC)CCn1[nH]c2c3ccc(=O)cc3oc3c(NCCN)ccc1c32. The van der Waals surface area contributed by atoms with Gasteiger partial charge in [0.05, 0.1) is 28.7 Å². The average molecular weight is 381 g/mol. The molecule has 0 atom stereocenters. The lowest BCUT2D eigenvalue weighted by Gasteiger charge is -2.18. The van der Waals surface area contributed by atoms with Crippen LogP contribution in [0.25, 0.3) is 33.0 Å². The lowest BCUT2D eigenvalue weighted by molar-refractivity contribution is 0.287. The van der Waals surface area contributed by atoms with Crippen LogP contribution in [0.4, 0.5) is 5.69 Å². The van der Waals surface area contributed by atoms with Crippen LogP contribution in [-0.4, -0.2) is 47.4 Å². The molecular weight excluding hydrogens is 354 g/mol. The van der Waals surface area contributed by atoms with Gasteiger partial charge in [-0.3, -0.25) is 14.6 Å². The molecule has 2 heterocycles. The molecule has 148 valence electrons. The van der Waals surface area contributed by atoms with E-state index in [2.05, 4.69) is 39.9 Å². The standard InChI is InChI=1S/C21H27N5O2/c1-3-25(4-2)11-12-26-17-8-7-16(23-10-9-22)21-19(17)20(24-26)15-6-5-14(27)13-18(15)28-21/h5-8,13,23-24H,3-4,9-12,22H2,1-2H3. The Hall–Kier alpha value is -2.77. The first-order chi connectivity index (χ1) is 13.7. The summed E-state index contributed by atoms with van der Waals surface area (Å²) < 4.78 is 8.36. The molecule has 4 rings (SSSR count). The highest BCUT2D eigenvalue weighted by Crippen LogP contribution is 2.36. The molecule has 2 aromatic carbocycles. The van der Waals surface area contributed by atoms with Gasteiger partial charge in [-0.2, -0.15) is 0 Å². The number of nitrogens with two attached hydrogens (primary N) is 1. The number of H-pyrrole nitrogens is 1. The van der Waals surface area contributed by atoms with Crippen LogP contribution in [0.5, 0.6) is 0 Å². The van der Waals surface area contributed by atoms with E-state index in [1.165, 1.54) is 0 Å². The molecule has 0 fully saturated rings. The average Bonchev–Trinajstić information content (AvgIpc) is 3.08. The molecule has 2 aromatic heterocycles. The largest absolute Gasteiger partial charge is 0.454 e. The fraction of sp³-hybridized carbons (Fsp3) is 0.381. The van der Waals surface area contributed by atoms with Crippen molar-refractivity contribution in [3.63, 3.8) is 0 Å². The Morgan fingerprint density at radius 2 is 2.04 bits per heavy atom. The molecule has 7 nitrogen and oxygen atoms in total. The van der Waals surface area contributed by atoms with Crippen LogP contribution in [0, 0.1) is 0 Å². The lowest BCUT2D eigenvalue weighted by atomic mass is 10.1. The summed E-state index contributed by atoms with van der Waals surface area (Å²) in [5.74, 6) is 0. The molecule has 0 aliphatic carbocycles. The monoisotopic (exact) mass is 381 g/mol.